The smallest absolute Gasteiger partial charge is 0.191 e. The molecule has 2 N–H and O–H groups in total. The van der Waals surface area contributed by atoms with Gasteiger partial charge < -0.3 is 15.4 Å². The highest BCUT2D eigenvalue weighted by atomic mass is 16.5. The van der Waals surface area contributed by atoms with E-state index in [9.17, 15) is 0 Å². The number of rotatable bonds is 8. The fourth-order valence-corrected chi connectivity index (χ4v) is 2.36. The molecular formula is C21H29N3O. The van der Waals surface area contributed by atoms with Gasteiger partial charge in [0.2, 0.25) is 0 Å². The Morgan fingerprint density at radius 2 is 1.52 bits per heavy atom. The largest absolute Gasteiger partial charge is 0.377 e. The van der Waals surface area contributed by atoms with Gasteiger partial charge in [0.25, 0.3) is 0 Å². The molecule has 134 valence electrons. The number of hydrogen-bond donors (Lipinski definition) is 2. The Kier molecular flexibility index (Phi) is 7.99. The zero-order valence-corrected chi connectivity index (χ0v) is 15.5. The summed E-state index contributed by atoms with van der Waals surface area (Å²) in [7, 11) is 0. The maximum atomic E-state index is 5.42. The minimum Gasteiger partial charge on any atom is -0.377 e. The van der Waals surface area contributed by atoms with E-state index in [0.717, 1.165) is 25.7 Å². The van der Waals surface area contributed by atoms with Crippen molar-refractivity contribution in [1.82, 2.24) is 10.6 Å². The molecule has 0 saturated carbocycles. The zero-order valence-electron chi connectivity index (χ0n) is 15.5. The molecule has 2 aromatic carbocycles. The fraction of sp³-hybridized carbons (Fsp3) is 0.381. The Hall–Kier alpha value is -2.33. The molecule has 0 amide bonds. The molecule has 0 saturated heterocycles. The predicted molar refractivity (Wildman–Crippen MR) is 105 cm³/mol. The van der Waals surface area contributed by atoms with Crippen LogP contribution in [0, 0.1) is 6.92 Å². The van der Waals surface area contributed by atoms with E-state index in [1.165, 1.54) is 22.3 Å². The molecule has 0 heterocycles. The third-order valence-corrected chi connectivity index (χ3v) is 3.84. The molecule has 0 aromatic heterocycles. The van der Waals surface area contributed by atoms with Gasteiger partial charge in [0.1, 0.15) is 0 Å². The summed E-state index contributed by atoms with van der Waals surface area (Å²) in [6.07, 6.45) is 0. The van der Waals surface area contributed by atoms with Crippen LogP contribution < -0.4 is 10.6 Å². The van der Waals surface area contributed by atoms with Crippen molar-refractivity contribution >= 4 is 5.96 Å². The average Bonchev–Trinajstić information content (AvgIpc) is 2.64. The van der Waals surface area contributed by atoms with E-state index in [-0.39, 0.29) is 0 Å². The lowest BCUT2D eigenvalue weighted by Gasteiger charge is -2.11. The van der Waals surface area contributed by atoms with Gasteiger partial charge in [0.05, 0.1) is 13.2 Å². The molecule has 0 bridgehead atoms. The summed E-state index contributed by atoms with van der Waals surface area (Å²) in [4.78, 5) is 4.67. The van der Waals surface area contributed by atoms with Crippen LogP contribution in [0.3, 0.4) is 0 Å². The van der Waals surface area contributed by atoms with Crippen molar-refractivity contribution in [2.24, 2.45) is 4.99 Å². The van der Waals surface area contributed by atoms with Gasteiger partial charge >= 0.3 is 0 Å². The SMILES string of the molecule is CCNC(=NCc1ccc(COCC)cc1)NCc1ccc(C)cc1. The van der Waals surface area contributed by atoms with Crippen molar-refractivity contribution in [3.05, 3.63) is 70.8 Å². The van der Waals surface area contributed by atoms with E-state index >= 15 is 0 Å². The summed E-state index contributed by atoms with van der Waals surface area (Å²) in [5, 5.41) is 6.68. The van der Waals surface area contributed by atoms with Crippen LogP contribution in [0.15, 0.2) is 53.5 Å². The molecule has 4 heteroatoms. The van der Waals surface area contributed by atoms with Gasteiger partial charge in [-0.1, -0.05) is 54.1 Å². The van der Waals surface area contributed by atoms with Crippen molar-refractivity contribution in [3.8, 4) is 0 Å². The predicted octanol–water partition coefficient (Wildman–Crippen LogP) is 3.79. The van der Waals surface area contributed by atoms with E-state index < -0.39 is 0 Å². The normalized spacial score (nSPS) is 11.4. The Morgan fingerprint density at radius 3 is 2.16 bits per heavy atom. The second-order valence-corrected chi connectivity index (χ2v) is 5.99. The Morgan fingerprint density at radius 1 is 0.880 bits per heavy atom. The van der Waals surface area contributed by atoms with Gasteiger partial charge in [-0.25, -0.2) is 4.99 Å². The molecule has 0 unspecified atom stereocenters. The first kappa shape index (κ1) is 19.0. The highest BCUT2D eigenvalue weighted by Gasteiger charge is 1.99. The molecule has 2 rings (SSSR count). The minimum atomic E-state index is 0.651. The van der Waals surface area contributed by atoms with Crippen LogP contribution in [-0.4, -0.2) is 19.1 Å². The summed E-state index contributed by atoms with van der Waals surface area (Å²) in [6.45, 7) is 9.85. The van der Waals surface area contributed by atoms with E-state index in [2.05, 4.69) is 78.0 Å². The van der Waals surface area contributed by atoms with Gasteiger partial charge in [0.15, 0.2) is 5.96 Å². The standard InChI is InChI=1S/C21H29N3O/c1-4-22-21(23-14-18-8-6-17(3)7-9-18)24-15-19-10-12-20(13-11-19)16-25-5-2/h6-13H,4-5,14-16H2,1-3H3,(H2,22,23,24). The first-order valence-electron chi connectivity index (χ1n) is 8.94. The van der Waals surface area contributed by atoms with Crippen LogP contribution in [0.2, 0.25) is 0 Å². The Bertz CT molecular complexity index is 648. The quantitative estimate of drug-likeness (QED) is 0.568. The molecule has 4 nitrogen and oxygen atoms in total. The monoisotopic (exact) mass is 339 g/mol. The maximum absolute atomic E-state index is 5.42. The topological polar surface area (TPSA) is 45.7 Å². The van der Waals surface area contributed by atoms with Gasteiger partial charge in [0, 0.05) is 19.7 Å². The number of guanidine groups is 1. The number of hydrogen-bond acceptors (Lipinski definition) is 2. The number of aryl methyl sites for hydroxylation is 1. The van der Waals surface area contributed by atoms with E-state index in [4.69, 9.17) is 4.74 Å². The summed E-state index contributed by atoms with van der Waals surface area (Å²) >= 11 is 0. The zero-order chi connectivity index (χ0) is 17.9. The molecule has 0 spiro atoms. The molecule has 0 atom stereocenters. The molecule has 0 aliphatic carbocycles. The van der Waals surface area contributed by atoms with Crippen molar-refractivity contribution in [2.45, 2.75) is 40.5 Å². The van der Waals surface area contributed by atoms with Crippen molar-refractivity contribution in [1.29, 1.82) is 0 Å². The van der Waals surface area contributed by atoms with Crippen LogP contribution in [-0.2, 0) is 24.4 Å². The lowest BCUT2D eigenvalue weighted by atomic mass is 10.1. The highest BCUT2D eigenvalue weighted by Crippen LogP contribution is 2.07. The van der Waals surface area contributed by atoms with Crippen molar-refractivity contribution in [2.75, 3.05) is 13.2 Å². The van der Waals surface area contributed by atoms with E-state index in [1.807, 2.05) is 6.92 Å². The van der Waals surface area contributed by atoms with Gasteiger partial charge in [-0.2, -0.15) is 0 Å². The molecule has 0 aliphatic rings. The van der Waals surface area contributed by atoms with Gasteiger partial charge in [-0.05, 0) is 37.5 Å². The number of nitrogens with zero attached hydrogens (tertiary/aromatic N) is 1. The molecule has 0 radical (unpaired) electrons. The first-order valence-corrected chi connectivity index (χ1v) is 8.94. The van der Waals surface area contributed by atoms with Crippen LogP contribution in [0.4, 0.5) is 0 Å². The average molecular weight is 339 g/mol. The van der Waals surface area contributed by atoms with Crippen LogP contribution in [0.1, 0.15) is 36.1 Å². The molecular weight excluding hydrogens is 310 g/mol. The summed E-state index contributed by atoms with van der Waals surface area (Å²) in [5.41, 5.74) is 4.90. The number of nitrogens with one attached hydrogen (secondary N) is 2. The third-order valence-electron chi connectivity index (χ3n) is 3.84. The molecule has 2 aromatic rings. The van der Waals surface area contributed by atoms with Crippen molar-refractivity contribution < 1.29 is 4.74 Å². The summed E-state index contributed by atoms with van der Waals surface area (Å²) in [5.74, 6) is 0.835. The third kappa shape index (κ3) is 6.98. The van der Waals surface area contributed by atoms with E-state index in [0.29, 0.717) is 13.2 Å². The molecule has 25 heavy (non-hydrogen) atoms. The van der Waals surface area contributed by atoms with Gasteiger partial charge in [-0.15, -0.1) is 0 Å². The lowest BCUT2D eigenvalue weighted by Crippen LogP contribution is -2.36. The minimum absolute atomic E-state index is 0.651. The van der Waals surface area contributed by atoms with Crippen LogP contribution >= 0.6 is 0 Å². The molecule has 0 aliphatic heterocycles. The lowest BCUT2D eigenvalue weighted by molar-refractivity contribution is 0.134. The number of aliphatic imine (C=N–C) groups is 1. The van der Waals surface area contributed by atoms with E-state index in [1.54, 1.807) is 0 Å². The second-order valence-electron chi connectivity index (χ2n) is 5.99. The Labute approximate surface area is 151 Å². The van der Waals surface area contributed by atoms with Crippen LogP contribution in [0.25, 0.3) is 0 Å². The summed E-state index contributed by atoms with van der Waals surface area (Å²) in [6, 6.07) is 17.0. The van der Waals surface area contributed by atoms with Crippen molar-refractivity contribution in [3.63, 3.8) is 0 Å². The maximum Gasteiger partial charge on any atom is 0.191 e. The second kappa shape index (κ2) is 10.5. The fourth-order valence-electron chi connectivity index (χ4n) is 2.36. The number of ether oxygens (including phenoxy) is 1. The highest BCUT2D eigenvalue weighted by molar-refractivity contribution is 5.79. The Balaban J connectivity index is 1.90. The number of benzene rings is 2. The first-order chi connectivity index (χ1) is 12.2. The van der Waals surface area contributed by atoms with Gasteiger partial charge in [-0.3, -0.25) is 0 Å². The van der Waals surface area contributed by atoms with Crippen LogP contribution in [0.5, 0.6) is 0 Å². The summed E-state index contributed by atoms with van der Waals surface area (Å²) < 4.78 is 5.42. The molecule has 0 fully saturated rings.